The lowest BCUT2D eigenvalue weighted by molar-refractivity contribution is 0.472. The van der Waals surface area contributed by atoms with E-state index in [0.29, 0.717) is 19.5 Å². The zero-order chi connectivity index (χ0) is 12.3. The number of sulfonamides is 1. The molecule has 1 fully saturated rings. The fourth-order valence-electron chi connectivity index (χ4n) is 1.92. The summed E-state index contributed by atoms with van der Waals surface area (Å²) in [6.07, 6.45) is 2.88. The van der Waals surface area contributed by atoms with Gasteiger partial charge in [-0.15, -0.1) is 0 Å². The summed E-state index contributed by atoms with van der Waals surface area (Å²) in [6.45, 7) is 0.996. The Morgan fingerprint density at radius 3 is 2.88 bits per heavy atom. The van der Waals surface area contributed by atoms with Crippen molar-refractivity contribution in [3.05, 3.63) is 30.1 Å². The van der Waals surface area contributed by atoms with E-state index >= 15 is 0 Å². The molecule has 1 aromatic heterocycles. The normalized spacial score (nSPS) is 21.8. The highest BCUT2D eigenvalue weighted by molar-refractivity contribution is 7.89. The first-order valence-electron chi connectivity index (χ1n) is 5.71. The van der Waals surface area contributed by atoms with Gasteiger partial charge in [0.2, 0.25) is 10.0 Å². The lowest BCUT2D eigenvalue weighted by atomic mass is 10.3. The van der Waals surface area contributed by atoms with Gasteiger partial charge in [-0.1, -0.05) is 6.07 Å². The van der Waals surface area contributed by atoms with Gasteiger partial charge in [0, 0.05) is 37.4 Å². The van der Waals surface area contributed by atoms with E-state index in [0.717, 1.165) is 12.1 Å². The Balaban J connectivity index is 1.94. The molecule has 2 rings (SSSR count). The Morgan fingerprint density at radius 1 is 1.47 bits per heavy atom. The van der Waals surface area contributed by atoms with Gasteiger partial charge in [-0.3, -0.25) is 4.98 Å². The molecule has 94 valence electrons. The van der Waals surface area contributed by atoms with Crippen molar-refractivity contribution < 1.29 is 8.42 Å². The molecular weight excluding hydrogens is 238 g/mol. The summed E-state index contributed by atoms with van der Waals surface area (Å²) in [6, 6.07) is 5.50. The Kier molecular flexibility index (Phi) is 3.76. The van der Waals surface area contributed by atoms with Gasteiger partial charge in [-0.05, 0) is 18.6 Å². The second-order valence-electron chi connectivity index (χ2n) is 4.29. The molecule has 0 aromatic carbocycles. The zero-order valence-electron chi connectivity index (χ0n) is 9.62. The van der Waals surface area contributed by atoms with Gasteiger partial charge in [0.25, 0.3) is 0 Å². The third-order valence-electron chi connectivity index (χ3n) is 2.92. The minimum absolute atomic E-state index is 0.0142. The number of hydrogen-bond acceptors (Lipinski definition) is 4. The summed E-state index contributed by atoms with van der Waals surface area (Å²) in [7, 11) is -3.18. The first kappa shape index (κ1) is 12.5. The Hall–Kier alpha value is -0.980. The predicted octanol–water partition coefficient (Wildman–Crippen LogP) is -0.0131. The van der Waals surface area contributed by atoms with Crippen LogP contribution in [0, 0.1) is 0 Å². The molecule has 17 heavy (non-hydrogen) atoms. The highest BCUT2D eigenvalue weighted by Gasteiger charge is 2.29. The fourth-order valence-corrected chi connectivity index (χ4v) is 3.44. The summed E-state index contributed by atoms with van der Waals surface area (Å²) in [5.74, 6) is 0.108. The SMILES string of the molecule is N[C@H]1CCN(S(=O)(=O)CCc2ccccn2)C1. The number of hydrogen-bond donors (Lipinski definition) is 1. The van der Waals surface area contributed by atoms with Crippen LogP contribution < -0.4 is 5.73 Å². The van der Waals surface area contributed by atoms with Gasteiger partial charge < -0.3 is 5.73 Å². The van der Waals surface area contributed by atoms with Crippen LogP contribution in [0.5, 0.6) is 0 Å². The molecule has 2 N–H and O–H groups in total. The molecular formula is C11H17N3O2S. The summed E-state index contributed by atoms with van der Waals surface area (Å²) < 4.78 is 25.5. The second kappa shape index (κ2) is 5.12. The van der Waals surface area contributed by atoms with Crippen molar-refractivity contribution >= 4 is 10.0 Å². The van der Waals surface area contributed by atoms with E-state index in [4.69, 9.17) is 5.73 Å². The third-order valence-corrected chi connectivity index (χ3v) is 4.76. The van der Waals surface area contributed by atoms with Gasteiger partial charge in [-0.25, -0.2) is 12.7 Å². The number of pyridine rings is 1. The van der Waals surface area contributed by atoms with Crippen molar-refractivity contribution in [3.8, 4) is 0 Å². The first-order valence-corrected chi connectivity index (χ1v) is 7.32. The molecule has 0 unspecified atom stereocenters. The van der Waals surface area contributed by atoms with Crippen LogP contribution in [-0.4, -0.2) is 42.6 Å². The van der Waals surface area contributed by atoms with Crippen LogP contribution in [0.2, 0.25) is 0 Å². The molecule has 1 atom stereocenters. The van der Waals surface area contributed by atoms with Crippen LogP contribution in [-0.2, 0) is 16.4 Å². The topological polar surface area (TPSA) is 76.3 Å². The van der Waals surface area contributed by atoms with E-state index < -0.39 is 10.0 Å². The standard InChI is InChI=1S/C11H17N3O2S/c12-10-4-7-14(9-10)17(15,16)8-5-11-3-1-2-6-13-11/h1-3,6,10H,4-5,7-9,12H2/t10-/m0/s1. The molecule has 0 saturated carbocycles. The summed E-state index contributed by atoms with van der Waals surface area (Å²) in [5.41, 5.74) is 6.52. The average Bonchev–Trinajstić information content (AvgIpc) is 2.76. The monoisotopic (exact) mass is 255 g/mol. The Labute approximate surface area is 102 Å². The molecule has 5 nitrogen and oxygen atoms in total. The van der Waals surface area contributed by atoms with Gasteiger partial charge in [0.1, 0.15) is 0 Å². The van der Waals surface area contributed by atoms with E-state index in [2.05, 4.69) is 4.98 Å². The lowest BCUT2D eigenvalue weighted by Crippen LogP contribution is -2.34. The zero-order valence-corrected chi connectivity index (χ0v) is 10.4. The van der Waals surface area contributed by atoms with Crippen molar-refractivity contribution in [2.45, 2.75) is 18.9 Å². The smallest absolute Gasteiger partial charge is 0.214 e. The molecule has 1 aromatic rings. The Bertz CT molecular complexity index is 461. The van der Waals surface area contributed by atoms with Crippen molar-refractivity contribution in [3.63, 3.8) is 0 Å². The van der Waals surface area contributed by atoms with E-state index in [-0.39, 0.29) is 11.8 Å². The molecule has 0 amide bonds. The number of aryl methyl sites for hydroxylation is 1. The molecule has 0 aliphatic carbocycles. The summed E-state index contributed by atoms with van der Waals surface area (Å²) in [4.78, 5) is 4.12. The maximum absolute atomic E-state index is 12.0. The number of nitrogens with zero attached hydrogens (tertiary/aromatic N) is 2. The summed E-state index contributed by atoms with van der Waals surface area (Å²) >= 11 is 0. The van der Waals surface area contributed by atoms with Crippen LogP contribution >= 0.6 is 0 Å². The van der Waals surface area contributed by atoms with Crippen LogP contribution in [0.4, 0.5) is 0 Å². The quantitative estimate of drug-likeness (QED) is 0.821. The van der Waals surface area contributed by atoms with E-state index in [1.165, 1.54) is 4.31 Å². The second-order valence-corrected chi connectivity index (χ2v) is 6.38. The van der Waals surface area contributed by atoms with Gasteiger partial charge in [-0.2, -0.15) is 0 Å². The van der Waals surface area contributed by atoms with Crippen LogP contribution in [0.3, 0.4) is 0 Å². The van der Waals surface area contributed by atoms with E-state index in [1.807, 2.05) is 18.2 Å². The number of rotatable bonds is 4. The van der Waals surface area contributed by atoms with Gasteiger partial charge in [0.05, 0.1) is 5.75 Å². The molecule has 1 aliphatic heterocycles. The molecule has 0 radical (unpaired) electrons. The Morgan fingerprint density at radius 2 is 2.29 bits per heavy atom. The van der Waals surface area contributed by atoms with Gasteiger partial charge >= 0.3 is 0 Å². The van der Waals surface area contributed by atoms with Crippen molar-refractivity contribution in [2.75, 3.05) is 18.8 Å². The third kappa shape index (κ3) is 3.24. The first-order chi connectivity index (χ1) is 8.08. The molecule has 6 heteroatoms. The lowest BCUT2D eigenvalue weighted by Gasteiger charge is -2.15. The minimum atomic E-state index is -3.18. The predicted molar refractivity (Wildman–Crippen MR) is 65.9 cm³/mol. The van der Waals surface area contributed by atoms with Crippen molar-refractivity contribution in [1.29, 1.82) is 0 Å². The fraction of sp³-hybridized carbons (Fsp3) is 0.545. The van der Waals surface area contributed by atoms with Crippen LogP contribution in [0.15, 0.2) is 24.4 Å². The molecule has 1 aliphatic rings. The van der Waals surface area contributed by atoms with E-state index in [9.17, 15) is 8.42 Å². The van der Waals surface area contributed by atoms with E-state index in [1.54, 1.807) is 6.20 Å². The maximum Gasteiger partial charge on any atom is 0.214 e. The van der Waals surface area contributed by atoms with Crippen LogP contribution in [0.1, 0.15) is 12.1 Å². The molecule has 1 saturated heterocycles. The largest absolute Gasteiger partial charge is 0.326 e. The average molecular weight is 255 g/mol. The van der Waals surface area contributed by atoms with Gasteiger partial charge in [0.15, 0.2) is 0 Å². The molecule has 0 bridgehead atoms. The molecule has 0 spiro atoms. The minimum Gasteiger partial charge on any atom is -0.326 e. The summed E-state index contributed by atoms with van der Waals surface area (Å²) in [5, 5.41) is 0. The van der Waals surface area contributed by atoms with Crippen molar-refractivity contribution in [1.82, 2.24) is 9.29 Å². The highest BCUT2D eigenvalue weighted by Crippen LogP contribution is 2.13. The number of nitrogens with two attached hydrogens (primary N) is 1. The van der Waals surface area contributed by atoms with Crippen molar-refractivity contribution in [2.24, 2.45) is 5.73 Å². The molecule has 2 heterocycles. The number of aromatic nitrogens is 1. The highest BCUT2D eigenvalue weighted by atomic mass is 32.2. The maximum atomic E-state index is 12.0. The van der Waals surface area contributed by atoms with Crippen LogP contribution in [0.25, 0.3) is 0 Å².